The Kier molecular flexibility index (Phi) is 15.3. The van der Waals surface area contributed by atoms with Crippen molar-refractivity contribution in [1.29, 1.82) is 0 Å². The molecule has 0 amide bonds. The monoisotopic (exact) mass is 516 g/mol. The van der Waals surface area contributed by atoms with E-state index in [1.807, 2.05) is 0 Å². The van der Waals surface area contributed by atoms with Crippen molar-refractivity contribution in [3.05, 3.63) is 11.1 Å². The second kappa shape index (κ2) is 18.5. The Morgan fingerprint density at radius 2 is 0.730 bits per heavy atom. The number of carbonyl (C=O) groups is 1. The molecule has 3 aliphatic carbocycles. The van der Waals surface area contributed by atoms with Gasteiger partial charge in [-0.2, -0.15) is 0 Å². The van der Waals surface area contributed by atoms with Crippen molar-refractivity contribution in [3.8, 4) is 0 Å². The third-order valence-corrected chi connectivity index (χ3v) is 10.0. The fraction of sp³-hybridized carbons (Fsp3) is 0.912. The molecule has 0 spiro atoms. The SMILES string of the molecule is O=C(O)C(=C(C1CCCCCCCCC1)C1CCCCCCCCC1)C(O)C1CCCCCCCCC1. The lowest BCUT2D eigenvalue weighted by Crippen LogP contribution is -2.32. The second-order valence-electron chi connectivity index (χ2n) is 12.9. The Labute approximate surface area is 229 Å². The molecule has 3 aliphatic rings. The minimum atomic E-state index is -0.811. The average Bonchev–Trinajstić information content (AvgIpc) is 2.91. The molecule has 3 fully saturated rings. The van der Waals surface area contributed by atoms with Gasteiger partial charge in [-0.15, -0.1) is 0 Å². The Morgan fingerprint density at radius 1 is 0.459 bits per heavy atom. The van der Waals surface area contributed by atoms with Gasteiger partial charge in [0.1, 0.15) is 0 Å². The van der Waals surface area contributed by atoms with E-state index in [0.717, 1.165) is 51.4 Å². The third-order valence-electron chi connectivity index (χ3n) is 10.0. The highest BCUT2D eigenvalue weighted by molar-refractivity contribution is 5.89. The van der Waals surface area contributed by atoms with E-state index in [1.165, 1.54) is 128 Å². The summed E-state index contributed by atoms with van der Waals surface area (Å²) in [7, 11) is 0. The zero-order valence-electron chi connectivity index (χ0n) is 24.2. The van der Waals surface area contributed by atoms with Gasteiger partial charge in [0.2, 0.25) is 0 Å². The van der Waals surface area contributed by atoms with Gasteiger partial charge in [0, 0.05) is 0 Å². The molecule has 3 heteroatoms. The zero-order valence-corrected chi connectivity index (χ0v) is 24.2. The van der Waals surface area contributed by atoms with Gasteiger partial charge in [0.05, 0.1) is 11.7 Å². The van der Waals surface area contributed by atoms with Gasteiger partial charge in [0.15, 0.2) is 0 Å². The van der Waals surface area contributed by atoms with Gasteiger partial charge in [-0.1, -0.05) is 140 Å². The quantitative estimate of drug-likeness (QED) is 0.357. The predicted molar refractivity (Wildman–Crippen MR) is 156 cm³/mol. The first-order valence-electron chi connectivity index (χ1n) is 16.8. The van der Waals surface area contributed by atoms with Gasteiger partial charge in [-0.3, -0.25) is 0 Å². The predicted octanol–water partition coefficient (Wildman–Crippen LogP) is 10.2. The van der Waals surface area contributed by atoms with Crippen LogP contribution in [-0.2, 0) is 4.79 Å². The number of hydrogen-bond acceptors (Lipinski definition) is 2. The fourth-order valence-electron chi connectivity index (χ4n) is 7.83. The van der Waals surface area contributed by atoms with E-state index in [0.29, 0.717) is 17.4 Å². The van der Waals surface area contributed by atoms with Crippen molar-refractivity contribution in [2.24, 2.45) is 17.8 Å². The minimum absolute atomic E-state index is 0.110. The van der Waals surface area contributed by atoms with Crippen LogP contribution in [0, 0.1) is 17.8 Å². The lowest BCUT2D eigenvalue weighted by atomic mass is 9.72. The highest BCUT2D eigenvalue weighted by atomic mass is 16.4. The maximum Gasteiger partial charge on any atom is 0.334 e. The van der Waals surface area contributed by atoms with E-state index < -0.39 is 12.1 Å². The van der Waals surface area contributed by atoms with Crippen molar-refractivity contribution in [2.75, 3.05) is 0 Å². The van der Waals surface area contributed by atoms with Gasteiger partial charge >= 0.3 is 5.97 Å². The van der Waals surface area contributed by atoms with Crippen LogP contribution in [0.4, 0.5) is 0 Å². The molecule has 0 aromatic rings. The van der Waals surface area contributed by atoms with E-state index in [1.54, 1.807) is 0 Å². The molecule has 37 heavy (non-hydrogen) atoms. The van der Waals surface area contributed by atoms with Gasteiger partial charge in [0.25, 0.3) is 0 Å². The number of carboxylic acid groups (broad SMARTS) is 1. The van der Waals surface area contributed by atoms with Crippen molar-refractivity contribution >= 4 is 5.97 Å². The van der Waals surface area contributed by atoms with E-state index in [9.17, 15) is 15.0 Å². The molecular formula is C34H60O3. The van der Waals surface area contributed by atoms with Crippen LogP contribution in [0.3, 0.4) is 0 Å². The maximum atomic E-state index is 13.1. The molecule has 1 unspecified atom stereocenters. The van der Waals surface area contributed by atoms with E-state index in [2.05, 4.69) is 0 Å². The van der Waals surface area contributed by atoms with Crippen LogP contribution in [0.15, 0.2) is 11.1 Å². The van der Waals surface area contributed by atoms with Crippen LogP contribution in [0.25, 0.3) is 0 Å². The topological polar surface area (TPSA) is 57.5 Å². The molecule has 3 saturated carbocycles. The summed E-state index contributed by atoms with van der Waals surface area (Å²) in [5, 5.41) is 22.7. The summed E-state index contributed by atoms with van der Waals surface area (Å²) < 4.78 is 0. The van der Waals surface area contributed by atoms with Crippen LogP contribution < -0.4 is 0 Å². The smallest absolute Gasteiger partial charge is 0.334 e. The van der Waals surface area contributed by atoms with E-state index in [4.69, 9.17) is 0 Å². The molecular weight excluding hydrogens is 456 g/mol. The first kappa shape index (κ1) is 30.7. The Bertz CT molecular complexity index is 595. The minimum Gasteiger partial charge on any atom is -0.478 e. The van der Waals surface area contributed by atoms with Gasteiger partial charge in [-0.25, -0.2) is 4.79 Å². The summed E-state index contributed by atoms with van der Waals surface area (Å²) in [5.41, 5.74) is 1.68. The van der Waals surface area contributed by atoms with Crippen molar-refractivity contribution < 1.29 is 15.0 Å². The second-order valence-corrected chi connectivity index (χ2v) is 12.9. The van der Waals surface area contributed by atoms with Gasteiger partial charge < -0.3 is 10.2 Å². The van der Waals surface area contributed by atoms with Crippen molar-refractivity contribution in [1.82, 2.24) is 0 Å². The van der Waals surface area contributed by atoms with Crippen molar-refractivity contribution in [3.63, 3.8) is 0 Å². The first-order valence-corrected chi connectivity index (χ1v) is 16.8. The number of aliphatic carboxylic acids is 1. The summed E-state index contributed by atoms with van der Waals surface area (Å²) in [6.07, 6.45) is 32.3. The number of rotatable bonds is 5. The zero-order chi connectivity index (χ0) is 26.1. The molecule has 3 rings (SSSR count). The third kappa shape index (κ3) is 11.1. The highest BCUT2D eigenvalue weighted by Crippen LogP contribution is 2.41. The largest absolute Gasteiger partial charge is 0.478 e. The summed E-state index contributed by atoms with van der Waals surface area (Å²) in [5.74, 6) is 0.00435. The molecule has 0 aliphatic heterocycles. The Balaban J connectivity index is 1.96. The molecule has 0 bridgehead atoms. The molecule has 0 aromatic carbocycles. The van der Waals surface area contributed by atoms with Gasteiger partial charge in [-0.05, 0) is 56.3 Å². The number of hydrogen-bond donors (Lipinski definition) is 2. The van der Waals surface area contributed by atoms with Crippen LogP contribution in [-0.4, -0.2) is 22.3 Å². The van der Waals surface area contributed by atoms with Crippen LogP contribution in [0.2, 0.25) is 0 Å². The summed E-state index contributed by atoms with van der Waals surface area (Å²) >= 11 is 0. The molecule has 0 radical (unpaired) electrons. The number of aliphatic hydroxyl groups excluding tert-OH is 1. The number of allylic oxidation sites excluding steroid dienone is 1. The first-order chi connectivity index (χ1) is 18.2. The number of aliphatic hydroxyl groups is 1. The lowest BCUT2D eigenvalue weighted by Gasteiger charge is -2.34. The van der Waals surface area contributed by atoms with E-state index in [-0.39, 0.29) is 5.92 Å². The lowest BCUT2D eigenvalue weighted by molar-refractivity contribution is -0.134. The molecule has 0 saturated heterocycles. The van der Waals surface area contributed by atoms with Crippen LogP contribution >= 0.6 is 0 Å². The molecule has 3 nitrogen and oxygen atoms in total. The molecule has 214 valence electrons. The molecule has 0 heterocycles. The number of carboxylic acids is 1. The van der Waals surface area contributed by atoms with Crippen LogP contribution in [0.5, 0.6) is 0 Å². The Hall–Kier alpha value is -0.830. The molecule has 0 aromatic heterocycles. The van der Waals surface area contributed by atoms with Crippen LogP contribution in [0.1, 0.15) is 173 Å². The van der Waals surface area contributed by atoms with E-state index >= 15 is 0 Å². The summed E-state index contributed by atoms with van der Waals surface area (Å²) in [6, 6.07) is 0. The Morgan fingerprint density at radius 3 is 1.03 bits per heavy atom. The normalized spacial score (nSPS) is 25.0. The fourth-order valence-corrected chi connectivity index (χ4v) is 7.83. The summed E-state index contributed by atoms with van der Waals surface area (Å²) in [6.45, 7) is 0. The molecule has 1 atom stereocenters. The molecule has 2 N–H and O–H groups in total. The summed E-state index contributed by atoms with van der Waals surface area (Å²) in [4.78, 5) is 13.1. The highest BCUT2D eigenvalue weighted by Gasteiger charge is 2.35. The standard InChI is InChI=1S/C34H60O3/c35-33(30-26-20-14-8-3-9-15-21-27-30)32(34(36)37)31(28-22-16-10-4-1-5-11-17-23-28)29-24-18-12-6-2-7-13-19-25-29/h28-30,33,35H,1-27H2,(H,36,37). The maximum absolute atomic E-state index is 13.1. The average molecular weight is 517 g/mol. The van der Waals surface area contributed by atoms with Crippen molar-refractivity contribution in [2.45, 2.75) is 179 Å².